The van der Waals surface area contributed by atoms with Crippen molar-refractivity contribution in [1.29, 1.82) is 0 Å². The molecule has 0 aliphatic carbocycles. The van der Waals surface area contributed by atoms with E-state index in [2.05, 4.69) is 68.4 Å². The topological polar surface area (TPSA) is 72.7 Å². The second-order valence-corrected chi connectivity index (χ2v) is 11.6. The maximum atomic E-state index is 12.7. The minimum absolute atomic E-state index is 0.208. The van der Waals surface area contributed by atoms with E-state index in [9.17, 15) is 4.79 Å². The van der Waals surface area contributed by atoms with E-state index >= 15 is 0 Å². The van der Waals surface area contributed by atoms with Crippen LogP contribution in [0.15, 0.2) is 83.3 Å². The average molecular weight is 595 g/mol. The van der Waals surface area contributed by atoms with E-state index in [0.29, 0.717) is 40.9 Å². The van der Waals surface area contributed by atoms with Crippen molar-refractivity contribution in [2.24, 2.45) is 0 Å². The van der Waals surface area contributed by atoms with Gasteiger partial charge in [-0.1, -0.05) is 89.1 Å². The molecule has 198 valence electrons. The fourth-order valence-electron chi connectivity index (χ4n) is 3.97. The van der Waals surface area contributed by atoms with Crippen molar-refractivity contribution in [3.63, 3.8) is 0 Å². The van der Waals surface area contributed by atoms with Crippen LogP contribution in [-0.4, -0.2) is 32.2 Å². The van der Waals surface area contributed by atoms with Gasteiger partial charge in [-0.15, -0.1) is 21.5 Å². The summed E-state index contributed by atoms with van der Waals surface area (Å²) in [5, 5.41) is 16.5. The fraction of sp³-hybridized carbons (Fsp3) is 0.172. The summed E-state index contributed by atoms with van der Waals surface area (Å²) in [6.45, 7) is 2.52. The van der Waals surface area contributed by atoms with Crippen LogP contribution in [0.1, 0.15) is 38.0 Å². The van der Waals surface area contributed by atoms with Crippen molar-refractivity contribution in [3.8, 4) is 5.69 Å². The summed E-state index contributed by atoms with van der Waals surface area (Å²) in [6.07, 6.45) is 1.28. The van der Waals surface area contributed by atoms with Crippen molar-refractivity contribution in [1.82, 2.24) is 25.1 Å². The number of aromatic nitrogens is 4. The van der Waals surface area contributed by atoms with Crippen molar-refractivity contribution >= 4 is 52.2 Å². The maximum absolute atomic E-state index is 12.7. The van der Waals surface area contributed by atoms with Crippen LogP contribution in [-0.2, 0) is 18.6 Å². The Kier molecular flexibility index (Phi) is 8.98. The maximum Gasteiger partial charge on any atom is 0.270 e. The number of rotatable bonds is 10. The van der Waals surface area contributed by atoms with Gasteiger partial charge in [0.05, 0.1) is 5.75 Å². The predicted octanol–water partition coefficient (Wildman–Crippen LogP) is 7.19. The molecule has 1 N–H and O–H groups in total. The number of hydrogen-bond donors (Lipinski definition) is 1. The monoisotopic (exact) mass is 593 g/mol. The van der Waals surface area contributed by atoms with E-state index in [0.717, 1.165) is 27.2 Å². The van der Waals surface area contributed by atoms with E-state index in [-0.39, 0.29) is 5.91 Å². The molecule has 2 aromatic heterocycles. The number of carbonyl (C=O) groups excluding carboxylic acids is 1. The summed E-state index contributed by atoms with van der Waals surface area (Å²) in [4.78, 5) is 17.2. The van der Waals surface area contributed by atoms with Crippen LogP contribution in [0.4, 0.5) is 0 Å². The van der Waals surface area contributed by atoms with E-state index in [1.807, 2.05) is 24.3 Å². The predicted molar refractivity (Wildman–Crippen MR) is 160 cm³/mol. The Morgan fingerprint density at radius 3 is 2.59 bits per heavy atom. The third-order valence-corrected chi connectivity index (χ3v) is 8.56. The molecular weight excluding hydrogens is 569 g/mol. The zero-order valence-electron chi connectivity index (χ0n) is 21.1. The Labute approximate surface area is 245 Å². The van der Waals surface area contributed by atoms with Crippen LogP contribution in [0.2, 0.25) is 10.0 Å². The van der Waals surface area contributed by atoms with Gasteiger partial charge < -0.3 is 5.32 Å². The number of benzene rings is 3. The number of amides is 1. The molecule has 6 nitrogen and oxygen atoms in total. The molecule has 0 unspecified atom stereocenters. The van der Waals surface area contributed by atoms with Crippen molar-refractivity contribution in [2.75, 3.05) is 6.54 Å². The number of hydrogen-bond acceptors (Lipinski definition) is 6. The lowest BCUT2D eigenvalue weighted by Gasteiger charge is -2.10. The Balaban J connectivity index is 1.24. The molecule has 10 heteroatoms. The molecule has 5 aromatic rings. The summed E-state index contributed by atoms with van der Waals surface area (Å²) < 4.78 is 2.10. The first-order valence-electron chi connectivity index (χ1n) is 12.3. The largest absolute Gasteiger partial charge is 0.350 e. The molecule has 3 aromatic carbocycles. The van der Waals surface area contributed by atoms with Gasteiger partial charge in [-0.25, -0.2) is 4.98 Å². The number of halogens is 2. The zero-order valence-corrected chi connectivity index (χ0v) is 24.2. The molecule has 0 aliphatic rings. The fourth-order valence-corrected chi connectivity index (χ4v) is 6.24. The first kappa shape index (κ1) is 27.4. The molecule has 0 fully saturated rings. The van der Waals surface area contributed by atoms with Gasteiger partial charge in [-0.2, -0.15) is 0 Å². The highest BCUT2D eigenvalue weighted by atomic mass is 35.5. The van der Waals surface area contributed by atoms with Gasteiger partial charge in [0.2, 0.25) is 0 Å². The van der Waals surface area contributed by atoms with E-state index in [1.165, 1.54) is 22.5 Å². The smallest absolute Gasteiger partial charge is 0.270 e. The van der Waals surface area contributed by atoms with E-state index in [4.69, 9.17) is 23.2 Å². The Morgan fingerprint density at radius 2 is 1.82 bits per heavy atom. The van der Waals surface area contributed by atoms with Crippen LogP contribution in [0.5, 0.6) is 0 Å². The molecule has 0 saturated carbocycles. The second kappa shape index (κ2) is 12.8. The molecule has 0 atom stereocenters. The summed E-state index contributed by atoms with van der Waals surface area (Å²) in [5.41, 5.74) is 4.71. The van der Waals surface area contributed by atoms with Gasteiger partial charge in [0.15, 0.2) is 5.16 Å². The number of nitrogens with zero attached hydrogens (tertiary/aromatic N) is 4. The zero-order chi connectivity index (χ0) is 27.2. The van der Waals surface area contributed by atoms with Crippen molar-refractivity contribution in [3.05, 3.63) is 121 Å². The molecule has 5 rings (SSSR count). The normalized spacial score (nSPS) is 11.1. The number of thiazole rings is 1. The van der Waals surface area contributed by atoms with E-state index in [1.54, 1.807) is 29.3 Å². The first-order chi connectivity index (χ1) is 19.0. The molecule has 0 spiro atoms. The minimum Gasteiger partial charge on any atom is -0.350 e. The molecule has 0 aliphatic heterocycles. The number of nitrogens with one attached hydrogen (secondary N) is 1. The van der Waals surface area contributed by atoms with Crippen LogP contribution < -0.4 is 5.32 Å². The SMILES string of the molecule is Cc1ccc(-n2c(Cc3ccccc3)nnc2SCc2nc(C(=O)NCCc3ccc(Cl)cc3Cl)cs2)cc1. The highest BCUT2D eigenvalue weighted by Crippen LogP contribution is 2.28. The Hall–Kier alpha value is -3.17. The van der Waals surface area contributed by atoms with Crippen LogP contribution in [0.25, 0.3) is 5.69 Å². The van der Waals surface area contributed by atoms with Gasteiger partial charge in [-0.05, 0) is 48.7 Å². The highest BCUT2D eigenvalue weighted by Gasteiger charge is 2.17. The van der Waals surface area contributed by atoms with Crippen LogP contribution in [0.3, 0.4) is 0 Å². The minimum atomic E-state index is -0.208. The Bertz CT molecular complexity index is 1570. The quantitative estimate of drug-likeness (QED) is 0.173. The second-order valence-electron chi connectivity index (χ2n) is 8.89. The van der Waals surface area contributed by atoms with Crippen molar-refractivity contribution < 1.29 is 4.79 Å². The summed E-state index contributed by atoms with van der Waals surface area (Å²) in [6, 6.07) is 23.9. The van der Waals surface area contributed by atoms with Crippen molar-refractivity contribution in [2.45, 2.75) is 30.7 Å². The van der Waals surface area contributed by atoms with Crippen LogP contribution >= 0.6 is 46.3 Å². The van der Waals surface area contributed by atoms with Gasteiger partial charge >= 0.3 is 0 Å². The first-order valence-corrected chi connectivity index (χ1v) is 14.9. The summed E-state index contributed by atoms with van der Waals surface area (Å²) in [5.74, 6) is 1.24. The molecule has 1 amide bonds. The third-order valence-electron chi connectivity index (χ3n) is 6.00. The summed E-state index contributed by atoms with van der Waals surface area (Å²) in [7, 11) is 0. The molecule has 0 bridgehead atoms. The third kappa shape index (κ3) is 7.08. The highest BCUT2D eigenvalue weighted by molar-refractivity contribution is 7.98. The van der Waals surface area contributed by atoms with E-state index < -0.39 is 0 Å². The van der Waals surface area contributed by atoms with Gasteiger partial charge in [-0.3, -0.25) is 9.36 Å². The van der Waals surface area contributed by atoms with Gasteiger partial charge in [0, 0.05) is 34.1 Å². The van der Waals surface area contributed by atoms with Crippen LogP contribution in [0, 0.1) is 6.92 Å². The average Bonchev–Trinajstić information content (AvgIpc) is 3.57. The standard InChI is InChI=1S/C29H25Cl2N5OS2/c1-19-7-11-23(12-8-19)36-26(15-20-5-3-2-4-6-20)34-35-29(36)39-18-27-33-25(17-38-27)28(37)32-14-13-21-9-10-22(30)16-24(21)31/h2-12,16-17H,13-15,18H2,1H3,(H,32,37). The molecule has 2 heterocycles. The van der Waals surface area contributed by atoms with Gasteiger partial charge in [0.25, 0.3) is 5.91 Å². The molecule has 0 radical (unpaired) electrons. The number of carbonyl (C=O) groups is 1. The van der Waals surface area contributed by atoms with Gasteiger partial charge in [0.1, 0.15) is 16.5 Å². The Morgan fingerprint density at radius 1 is 1.03 bits per heavy atom. The summed E-state index contributed by atoms with van der Waals surface area (Å²) >= 11 is 15.2. The molecule has 39 heavy (non-hydrogen) atoms. The molecular formula is C29H25Cl2N5OS2. The lowest BCUT2D eigenvalue weighted by Crippen LogP contribution is -2.26. The number of aryl methyl sites for hydroxylation is 1. The lowest BCUT2D eigenvalue weighted by atomic mass is 10.1. The number of thioether (sulfide) groups is 1. The lowest BCUT2D eigenvalue weighted by molar-refractivity contribution is 0.0949. The molecule has 0 saturated heterocycles.